The van der Waals surface area contributed by atoms with Crippen LogP contribution in [0.2, 0.25) is 0 Å². The zero-order chi connectivity index (χ0) is 19.1. The smallest absolute Gasteiger partial charge is 0.152 e. The van der Waals surface area contributed by atoms with Gasteiger partial charge in [0.2, 0.25) is 0 Å². The summed E-state index contributed by atoms with van der Waals surface area (Å²) in [5, 5.41) is 0. The molecule has 0 fully saturated rings. The maximum atomic E-state index is 6.37. The molecule has 0 N–H and O–H groups in total. The van der Waals surface area contributed by atoms with E-state index in [2.05, 4.69) is 76.2 Å². The molecule has 3 heteroatoms. The molecule has 2 aliphatic rings. The number of hydrogen-bond donors (Lipinski definition) is 0. The Morgan fingerprint density at radius 3 is 1.41 bits per heavy atom. The average molecular weight is 361 g/mol. The predicted molar refractivity (Wildman–Crippen MR) is 111 cm³/mol. The van der Waals surface area contributed by atoms with Gasteiger partial charge in [-0.3, -0.25) is 9.98 Å². The summed E-state index contributed by atoms with van der Waals surface area (Å²) in [7, 11) is 0. The van der Waals surface area contributed by atoms with Gasteiger partial charge in [0.05, 0.1) is 11.4 Å². The topological polar surface area (TPSA) is 34.0 Å². The molecule has 2 aromatic carbocycles. The van der Waals surface area contributed by atoms with Crippen molar-refractivity contribution in [2.75, 3.05) is 0 Å². The molecule has 3 nitrogen and oxygen atoms in total. The maximum Gasteiger partial charge on any atom is 0.152 e. The molecule has 0 bridgehead atoms. The van der Waals surface area contributed by atoms with Gasteiger partial charge in [-0.2, -0.15) is 0 Å². The number of ether oxygens (including phenoxy) is 1. The van der Waals surface area contributed by atoms with Crippen molar-refractivity contribution in [2.24, 2.45) is 20.8 Å². The van der Waals surface area contributed by atoms with Gasteiger partial charge >= 0.3 is 0 Å². The van der Waals surface area contributed by atoms with E-state index in [-0.39, 0.29) is 23.3 Å². The van der Waals surface area contributed by atoms with E-state index < -0.39 is 0 Å². The molecule has 4 rings (SSSR count). The van der Waals surface area contributed by atoms with E-state index in [1.807, 2.05) is 12.1 Å². The zero-order valence-electron chi connectivity index (χ0n) is 16.6. The van der Waals surface area contributed by atoms with Crippen molar-refractivity contribution in [1.82, 2.24) is 0 Å². The van der Waals surface area contributed by atoms with Crippen LogP contribution in [0.1, 0.15) is 51.7 Å². The third kappa shape index (κ3) is 3.61. The van der Waals surface area contributed by atoms with Gasteiger partial charge in [-0.05, 0) is 11.1 Å². The van der Waals surface area contributed by atoms with Crippen LogP contribution in [0.15, 0.2) is 70.6 Å². The normalized spacial score (nSPS) is 25.9. The molecule has 2 unspecified atom stereocenters. The van der Waals surface area contributed by atoms with Crippen LogP contribution < -0.4 is 0 Å². The molecular formula is C24H28N2O. The lowest BCUT2D eigenvalue weighted by Gasteiger charge is -2.22. The largest absolute Gasteiger partial charge is 0.332 e. The minimum atomic E-state index is -0.130. The summed E-state index contributed by atoms with van der Waals surface area (Å²) >= 11 is 0. The van der Waals surface area contributed by atoms with E-state index >= 15 is 0 Å². The quantitative estimate of drug-likeness (QED) is 0.709. The highest BCUT2D eigenvalue weighted by Gasteiger charge is 2.41. The maximum absolute atomic E-state index is 6.37. The Kier molecular flexibility index (Phi) is 4.51. The van der Waals surface area contributed by atoms with Crippen LogP contribution in [0.3, 0.4) is 0 Å². The molecular weight excluding hydrogens is 332 g/mol. The Hall–Kier alpha value is -2.26. The van der Waals surface area contributed by atoms with Gasteiger partial charge in [0.1, 0.15) is 0 Å². The first-order chi connectivity index (χ1) is 12.9. The molecule has 0 saturated heterocycles. The zero-order valence-corrected chi connectivity index (χ0v) is 16.6. The second-order valence-electron chi connectivity index (χ2n) is 8.91. The van der Waals surface area contributed by atoms with Gasteiger partial charge in [0.25, 0.3) is 0 Å². The lowest BCUT2D eigenvalue weighted by atomic mass is 9.82. The Balaban J connectivity index is 1.55. The predicted octanol–water partition coefficient (Wildman–Crippen LogP) is 5.49. The number of benzene rings is 2. The van der Waals surface area contributed by atoms with Crippen LogP contribution in [0, 0.1) is 10.8 Å². The number of hydrogen-bond acceptors (Lipinski definition) is 3. The fourth-order valence-corrected chi connectivity index (χ4v) is 4.26. The van der Waals surface area contributed by atoms with Gasteiger partial charge < -0.3 is 4.74 Å². The van der Waals surface area contributed by atoms with Crippen molar-refractivity contribution >= 4 is 11.4 Å². The second-order valence-corrected chi connectivity index (χ2v) is 8.91. The number of aliphatic imine (C=N–C) groups is 2. The minimum absolute atomic E-state index is 0.00607. The SMILES string of the molecule is CC1(C)CC(OC2CC(C)(C)C(c3ccccc3)=N2)N=C1c1ccccc1. The average Bonchev–Trinajstić information content (AvgIpc) is 3.11. The Labute approximate surface area is 162 Å². The highest BCUT2D eigenvalue weighted by molar-refractivity contribution is 6.06. The first kappa shape index (κ1) is 18.1. The molecule has 0 amide bonds. The van der Waals surface area contributed by atoms with Crippen molar-refractivity contribution in [1.29, 1.82) is 0 Å². The molecule has 0 aromatic heterocycles. The highest BCUT2D eigenvalue weighted by atomic mass is 16.5. The number of nitrogens with zero attached hydrogens (tertiary/aromatic N) is 2. The van der Waals surface area contributed by atoms with Crippen LogP contribution >= 0.6 is 0 Å². The molecule has 0 radical (unpaired) electrons. The molecule has 0 saturated carbocycles. The lowest BCUT2D eigenvalue weighted by Crippen LogP contribution is -2.24. The van der Waals surface area contributed by atoms with Crippen molar-refractivity contribution in [3.8, 4) is 0 Å². The molecule has 0 aliphatic carbocycles. The van der Waals surface area contributed by atoms with Gasteiger partial charge in [-0.25, -0.2) is 0 Å². The molecule has 2 heterocycles. The molecule has 140 valence electrons. The van der Waals surface area contributed by atoms with Crippen LogP contribution in [0.4, 0.5) is 0 Å². The van der Waals surface area contributed by atoms with E-state index in [9.17, 15) is 0 Å². The third-order valence-electron chi connectivity index (χ3n) is 5.61. The van der Waals surface area contributed by atoms with E-state index in [0.29, 0.717) is 0 Å². The van der Waals surface area contributed by atoms with Crippen LogP contribution in [-0.4, -0.2) is 23.9 Å². The summed E-state index contributed by atoms with van der Waals surface area (Å²) in [4.78, 5) is 9.89. The molecule has 2 atom stereocenters. The van der Waals surface area contributed by atoms with Crippen LogP contribution in [-0.2, 0) is 4.74 Å². The summed E-state index contributed by atoms with van der Waals surface area (Å²) in [5.74, 6) is 0. The molecule has 2 aromatic rings. The van der Waals surface area contributed by atoms with Crippen LogP contribution in [0.5, 0.6) is 0 Å². The van der Waals surface area contributed by atoms with Gasteiger partial charge in [0.15, 0.2) is 12.5 Å². The highest BCUT2D eigenvalue weighted by Crippen LogP contribution is 2.40. The first-order valence-corrected chi connectivity index (χ1v) is 9.78. The summed E-state index contributed by atoms with van der Waals surface area (Å²) < 4.78 is 6.37. The Morgan fingerprint density at radius 1 is 0.667 bits per heavy atom. The molecule has 2 aliphatic heterocycles. The first-order valence-electron chi connectivity index (χ1n) is 9.78. The summed E-state index contributed by atoms with van der Waals surface area (Å²) in [6, 6.07) is 20.9. The standard InChI is InChI=1S/C24H28N2O/c1-23(2)15-19(25-21(23)17-11-7-5-8-12-17)27-20-16-24(3,4)22(26-20)18-13-9-6-10-14-18/h5-14,19-20H,15-16H2,1-4H3. The lowest BCUT2D eigenvalue weighted by molar-refractivity contribution is -0.0151. The van der Waals surface area contributed by atoms with Crippen LogP contribution in [0.25, 0.3) is 0 Å². The van der Waals surface area contributed by atoms with Crippen molar-refractivity contribution in [3.63, 3.8) is 0 Å². The van der Waals surface area contributed by atoms with E-state index in [4.69, 9.17) is 14.7 Å². The van der Waals surface area contributed by atoms with Gasteiger partial charge in [0, 0.05) is 23.7 Å². The summed E-state index contributed by atoms with van der Waals surface area (Å²) in [5.41, 5.74) is 4.66. The second kappa shape index (κ2) is 6.72. The van der Waals surface area contributed by atoms with Crippen molar-refractivity contribution in [2.45, 2.75) is 53.0 Å². The monoisotopic (exact) mass is 360 g/mol. The minimum Gasteiger partial charge on any atom is -0.332 e. The third-order valence-corrected chi connectivity index (χ3v) is 5.61. The fourth-order valence-electron chi connectivity index (χ4n) is 4.26. The Morgan fingerprint density at radius 2 is 1.04 bits per heavy atom. The van der Waals surface area contributed by atoms with Gasteiger partial charge in [-0.1, -0.05) is 88.4 Å². The summed E-state index contributed by atoms with van der Waals surface area (Å²) in [6.45, 7) is 9.00. The van der Waals surface area contributed by atoms with E-state index in [0.717, 1.165) is 24.3 Å². The molecule has 0 spiro atoms. The number of rotatable bonds is 4. The molecule has 27 heavy (non-hydrogen) atoms. The van der Waals surface area contributed by atoms with Crippen molar-refractivity contribution in [3.05, 3.63) is 71.8 Å². The van der Waals surface area contributed by atoms with E-state index in [1.54, 1.807) is 0 Å². The van der Waals surface area contributed by atoms with Gasteiger partial charge in [-0.15, -0.1) is 0 Å². The fraction of sp³-hybridized carbons (Fsp3) is 0.417. The van der Waals surface area contributed by atoms with E-state index in [1.165, 1.54) is 11.1 Å². The summed E-state index contributed by atoms with van der Waals surface area (Å²) in [6.07, 6.45) is 1.53. The van der Waals surface area contributed by atoms with Crippen molar-refractivity contribution < 1.29 is 4.74 Å². The Bertz CT molecular complexity index is 792.